The molecule has 0 saturated heterocycles. The molecule has 2 aromatic rings. The van der Waals surface area contributed by atoms with E-state index in [4.69, 9.17) is 4.98 Å². The molecule has 0 bridgehead atoms. The van der Waals surface area contributed by atoms with E-state index in [1.165, 1.54) is 17.0 Å². The Balaban J connectivity index is 1.76. The lowest BCUT2D eigenvalue weighted by molar-refractivity contribution is 0.0782. The van der Waals surface area contributed by atoms with Gasteiger partial charge in [-0.2, -0.15) is 5.10 Å². The highest BCUT2D eigenvalue weighted by Crippen LogP contribution is 2.35. The van der Waals surface area contributed by atoms with Gasteiger partial charge >= 0.3 is 0 Å². The Morgan fingerprint density at radius 1 is 1.50 bits per heavy atom. The van der Waals surface area contributed by atoms with Crippen LogP contribution in [0.25, 0.3) is 0 Å². The van der Waals surface area contributed by atoms with Crippen LogP contribution in [-0.2, 0) is 13.5 Å². The SMILES string of the molecule is Cc1nc2c(s1)CCCC2CN(C)C(=O)c1cn(C)nc1C. The molecule has 3 rings (SSSR count). The van der Waals surface area contributed by atoms with Crippen molar-refractivity contribution in [3.8, 4) is 0 Å². The molecule has 118 valence electrons. The number of aryl methyl sites for hydroxylation is 4. The van der Waals surface area contributed by atoms with Gasteiger partial charge in [0.05, 0.1) is 22.0 Å². The lowest BCUT2D eigenvalue weighted by Crippen LogP contribution is -2.32. The lowest BCUT2D eigenvalue weighted by atomic mass is 9.90. The largest absolute Gasteiger partial charge is 0.341 e. The van der Waals surface area contributed by atoms with Gasteiger partial charge in [-0.25, -0.2) is 4.98 Å². The smallest absolute Gasteiger partial charge is 0.257 e. The van der Waals surface area contributed by atoms with Crippen LogP contribution in [0.15, 0.2) is 6.20 Å². The van der Waals surface area contributed by atoms with Crippen molar-refractivity contribution in [3.05, 3.63) is 33.0 Å². The maximum absolute atomic E-state index is 12.6. The molecule has 0 aliphatic heterocycles. The van der Waals surface area contributed by atoms with Crippen LogP contribution in [0.3, 0.4) is 0 Å². The summed E-state index contributed by atoms with van der Waals surface area (Å²) in [4.78, 5) is 20.6. The van der Waals surface area contributed by atoms with Crippen LogP contribution >= 0.6 is 11.3 Å². The summed E-state index contributed by atoms with van der Waals surface area (Å²) in [6.07, 6.45) is 5.23. The number of aromatic nitrogens is 3. The maximum atomic E-state index is 12.6. The molecule has 1 aliphatic carbocycles. The molecular formula is C16H22N4OS. The zero-order chi connectivity index (χ0) is 15.9. The molecule has 0 fully saturated rings. The van der Waals surface area contributed by atoms with E-state index in [1.54, 1.807) is 22.2 Å². The number of thiazole rings is 1. The normalized spacial score (nSPS) is 17.4. The van der Waals surface area contributed by atoms with Crippen LogP contribution < -0.4 is 0 Å². The highest BCUT2D eigenvalue weighted by Gasteiger charge is 2.27. The number of hydrogen-bond acceptors (Lipinski definition) is 4. The zero-order valence-corrected chi connectivity index (χ0v) is 14.4. The minimum atomic E-state index is 0.0460. The summed E-state index contributed by atoms with van der Waals surface area (Å²) in [5.41, 5.74) is 2.69. The summed E-state index contributed by atoms with van der Waals surface area (Å²) < 4.78 is 1.69. The fraction of sp³-hybridized carbons (Fsp3) is 0.562. The first-order valence-electron chi connectivity index (χ1n) is 7.67. The minimum Gasteiger partial charge on any atom is -0.341 e. The number of carbonyl (C=O) groups is 1. The van der Waals surface area contributed by atoms with E-state index in [9.17, 15) is 4.79 Å². The average molecular weight is 318 g/mol. The molecule has 2 aromatic heterocycles. The van der Waals surface area contributed by atoms with Crippen LogP contribution in [0.5, 0.6) is 0 Å². The van der Waals surface area contributed by atoms with Crippen LogP contribution in [0.1, 0.15) is 50.4 Å². The van der Waals surface area contributed by atoms with E-state index in [2.05, 4.69) is 12.0 Å². The number of carbonyl (C=O) groups excluding carboxylic acids is 1. The molecule has 0 N–H and O–H groups in total. The topological polar surface area (TPSA) is 51.0 Å². The molecule has 1 aliphatic rings. The first-order chi connectivity index (χ1) is 10.5. The van der Waals surface area contributed by atoms with Crippen molar-refractivity contribution in [1.82, 2.24) is 19.7 Å². The molecule has 6 heteroatoms. The maximum Gasteiger partial charge on any atom is 0.257 e. The monoisotopic (exact) mass is 318 g/mol. The van der Waals surface area contributed by atoms with Crippen LogP contribution in [0, 0.1) is 13.8 Å². The molecule has 1 amide bonds. The predicted molar refractivity (Wildman–Crippen MR) is 87.4 cm³/mol. The Morgan fingerprint density at radius 2 is 2.27 bits per heavy atom. The molecule has 1 unspecified atom stereocenters. The number of nitrogens with zero attached hydrogens (tertiary/aromatic N) is 4. The van der Waals surface area contributed by atoms with E-state index in [0.717, 1.165) is 30.1 Å². The summed E-state index contributed by atoms with van der Waals surface area (Å²) in [6.45, 7) is 4.67. The van der Waals surface area contributed by atoms with Crippen molar-refractivity contribution < 1.29 is 4.79 Å². The van der Waals surface area contributed by atoms with Gasteiger partial charge in [-0.3, -0.25) is 9.48 Å². The predicted octanol–water partition coefficient (Wildman–Crippen LogP) is 2.69. The van der Waals surface area contributed by atoms with Crippen LogP contribution in [0.2, 0.25) is 0 Å². The number of hydrogen-bond donors (Lipinski definition) is 0. The minimum absolute atomic E-state index is 0.0460. The zero-order valence-electron chi connectivity index (χ0n) is 13.6. The van der Waals surface area contributed by atoms with Gasteiger partial charge in [0.25, 0.3) is 5.91 Å². The van der Waals surface area contributed by atoms with Gasteiger partial charge in [0, 0.05) is 37.6 Å². The Hall–Kier alpha value is -1.69. The summed E-state index contributed by atoms with van der Waals surface area (Å²) >= 11 is 1.80. The number of likely N-dealkylation sites (N-methyl/N-ethyl adjacent to an activating group) is 1. The van der Waals surface area contributed by atoms with Crippen LogP contribution in [-0.4, -0.2) is 39.2 Å². The van der Waals surface area contributed by atoms with Crippen molar-refractivity contribution in [3.63, 3.8) is 0 Å². The van der Waals surface area contributed by atoms with Crippen molar-refractivity contribution in [2.75, 3.05) is 13.6 Å². The molecule has 0 saturated carbocycles. The summed E-state index contributed by atoms with van der Waals surface area (Å²) in [5, 5.41) is 5.39. The van der Waals surface area contributed by atoms with Gasteiger partial charge in [-0.1, -0.05) is 0 Å². The third-order valence-electron chi connectivity index (χ3n) is 4.26. The fourth-order valence-electron chi connectivity index (χ4n) is 3.24. The number of fused-ring (bicyclic) bond motifs is 1. The first-order valence-corrected chi connectivity index (χ1v) is 8.49. The highest BCUT2D eigenvalue weighted by molar-refractivity contribution is 7.11. The fourth-order valence-corrected chi connectivity index (χ4v) is 4.30. The van der Waals surface area contributed by atoms with E-state index < -0.39 is 0 Å². The van der Waals surface area contributed by atoms with Crippen molar-refractivity contribution in [1.29, 1.82) is 0 Å². The molecule has 5 nitrogen and oxygen atoms in total. The Bertz CT molecular complexity index is 703. The van der Waals surface area contributed by atoms with E-state index >= 15 is 0 Å². The van der Waals surface area contributed by atoms with Gasteiger partial charge in [0.1, 0.15) is 0 Å². The quantitative estimate of drug-likeness (QED) is 0.874. The Kier molecular flexibility index (Phi) is 4.04. The second-order valence-corrected chi connectivity index (χ2v) is 7.41. The second-order valence-electron chi connectivity index (χ2n) is 6.12. The standard InChI is InChI=1S/C16H22N4OS/c1-10-13(9-20(4)18-10)16(21)19(3)8-12-6-5-7-14-15(12)17-11(2)22-14/h9,12H,5-8H2,1-4H3. The summed E-state index contributed by atoms with van der Waals surface area (Å²) in [7, 11) is 3.72. The molecule has 1 atom stereocenters. The van der Waals surface area contributed by atoms with E-state index in [1.807, 2.05) is 25.9 Å². The molecule has 2 heterocycles. The Labute approximate surface area is 135 Å². The lowest BCUT2D eigenvalue weighted by Gasteiger charge is -2.26. The van der Waals surface area contributed by atoms with E-state index in [0.29, 0.717) is 11.5 Å². The summed E-state index contributed by atoms with van der Waals surface area (Å²) in [6, 6.07) is 0. The second kappa shape index (κ2) is 5.83. The summed E-state index contributed by atoms with van der Waals surface area (Å²) in [5.74, 6) is 0.407. The number of amides is 1. The number of rotatable bonds is 3. The van der Waals surface area contributed by atoms with Crippen molar-refractivity contribution >= 4 is 17.2 Å². The van der Waals surface area contributed by atoms with Gasteiger partial charge in [0.2, 0.25) is 0 Å². The van der Waals surface area contributed by atoms with Crippen LogP contribution in [0.4, 0.5) is 0 Å². The average Bonchev–Trinajstić information content (AvgIpc) is 3.00. The molecule has 22 heavy (non-hydrogen) atoms. The van der Waals surface area contributed by atoms with Gasteiger partial charge in [0.15, 0.2) is 0 Å². The van der Waals surface area contributed by atoms with E-state index in [-0.39, 0.29) is 5.91 Å². The molecule has 0 spiro atoms. The van der Waals surface area contributed by atoms with Gasteiger partial charge < -0.3 is 4.90 Å². The van der Waals surface area contributed by atoms with Gasteiger partial charge in [-0.15, -0.1) is 11.3 Å². The Morgan fingerprint density at radius 3 is 2.95 bits per heavy atom. The third kappa shape index (κ3) is 2.79. The molecular weight excluding hydrogens is 296 g/mol. The van der Waals surface area contributed by atoms with Crippen molar-refractivity contribution in [2.45, 2.75) is 39.0 Å². The molecule has 0 aromatic carbocycles. The molecule has 0 radical (unpaired) electrons. The van der Waals surface area contributed by atoms with Crippen molar-refractivity contribution in [2.24, 2.45) is 7.05 Å². The van der Waals surface area contributed by atoms with Gasteiger partial charge in [-0.05, 0) is 33.1 Å². The first kappa shape index (κ1) is 15.2. The highest BCUT2D eigenvalue weighted by atomic mass is 32.1. The third-order valence-corrected chi connectivity index (χ3v) is 5.31.